The SMILES string of the molecule is O=C(Nc1ccccc1Cl)C1Sc2nnc(COc3ccccc3)n2NC1c1ccccc1. The van der Waals surface area contributed by atoms with Crippen molar-refractivity contribution >= 4 is 35.0 Å². The summed E-state index contributed by atoms with van der Waals surface area (Å²) in [4.78, 5) is 13.3. The average molecular weight is 478 g/mol. The predicted octanol–water partition coefficient (Wildman–Crippen LogP) is 4.91. The molecule has 1 aliphatic heterocycles. The number of para-hydroxylation sites is 2. The molecule has 2 unspecified atom stereocenters. The quantitative estimate of drug-likeness (QED) is 0.410. The van der Waals surface area contributed by atoms with Crippen LogP contribution in [0.2, 0.25) is 5.02 Å². The highest BCUT2D eigenvalue weighted by molar-refractivity contribution is 8.00. The number of rotatable bonds is 6. The highest BCUT2D eigenvalue weighted by Crippen LogP contribution is 2.38. The van der Waals surface area contributed by atoms with E-state index in [9.17, 15) is 4.79 Å². The fourth-order valence-electron chi connectivity index (χ4n) is 3.53. The normalized spacial score (nSPS) is 17.0. The number of thioether (sulfide) groups is 1. The molecule has 0 saturated heterocycles. The Balaban J connectivity index is 1.41. The maximum atomic E-state index is 13.3. The minimum atomic E-state index is -0.497. The first-order chi connectivity index (χ1) is 16.2. The van der Waals surface area contributed by atoms with Gasteiger partial charge in [-0.15, -0.1) is 10.2 Å². The van der Waals surface area contributed by atoms with Crippen molar-refractivity contribution in [3.63, 3.8) is 0 Å². The number of hydrogen-bond acceptors (Lipinski definition) is 6. The van der Waals surface area contributed by atoms with Gasteiger partial charge in [0.2, 0.25) is 11.1 Å². The second-order valence-electron chi connectivity index (χ2n) is 7.36. The average Bonchev–Trinajstić information content (AvgIpc) is 3.26. The lowest BCUT2D eigenvalue weighted by molar-refractivity contribution is -0.116. The molecule has 0 saturated carbocycles. The van der Waals surface area contributed by atoms with Crippen molar-refractivity contribution in [2.45, 2.75) is 23.1 Å². The Hall–Kier alpha value is -3.49. The summed E-state index contributed by atoms with van der Waals surface area (Å²) in [6, 6.07) is 26.2. The number of ether oxygens (including phenoxy) is 1. The fourth-order valence-corrected chi connectivity index (χ4v) is 4.82. The van der Waals surface area contributed by atoms with E-state index in [1.165, 1.54) is 11.8 Å². The maximum absolute atomic E-state index is 13.3. The van der Waals surface area contributed by atoms with Gasteiger partial charge in [-0.2, -0.15) is 0 Å². The highest BCUT2D eigenvalue weighted by Gasteiger charge is 2.38. The van der Waals surface area contributed by atoms with Crippen LogP contribution in [0.1, 0.15) is 17.4 Å². The second kappa shape index (κ2) is 9.56. The molecule has 0 radical (unpaired) electrons. The van der Waals surface area contributed by atoms with E-state index in [-0.39, 0.29) is 18.6 Å². The predicted molar refractivity (Wildman–Crippen MR) is 129 cm³/mol. The Kier molecular flexibility index (Phi) is 6.19. The summed E-state index contributed by atoms with van der Waals surface area (Å²) >= 11 is 7.60. The van der Waals surface area contributed by atoms with Crippen molar-refractivity contribution in [1.29, 1.82) is 0 Å². The smallest absolute Gasteiger partial charge is 0.240 e. The van der Waals surface area contributed by atoms with Crippen LogP contribution >= 0.6 is 23.4 Å². The van der Waals surface area contributed by atoms with Crippen LogP contribution in [-0.4, -0.2) is 26.0 Å². The van der Waals surface area contributed by atoms with Crippen LogP contribution in [0.15, 0.2) is 90.1 Å². The van der Waals surface area contributed by atoms with Crippen molar-refractivity contribution < 1.29 is 9.53 Å². The van der Waals surface area contributed by atoms with Gasteiger partial charge >= 0.3 is 0 Å². The van der Waals surface area contributed by atoms with E-state index in [2.05, 4.69) is 20.9 Å². The molecule has 1 amide bonds. The molecule has 2 atom stereocenters. The molecule has 0 fully saturated rings. The Morgan fingerprint density at radius 3 is 2.45 bits per heavy atom. The molecule has 4 aromatic rings. The summed E-state index contributed by atoms with van der Waals surface area (Å²) in [5, 5.41) is 12.1. The zero-order valence-electron chi connectivity index (χ0n) is 17.4. The largest absolute Gasteiger partial charge is 0.486 e. The van der Waals surface area contributed by atoms with E-state index in [1.54, 1.807) is 16.8 Å². The van der Waals surface area contributed by atoms with Gasteiger partial charge < -0.3 is 15.5 Å². The third-order valence-electron chi connectivity index (χ3n) is 5.16. The van der Waals surface area contributed by atoms with Gasteiger partial charge in [-0.3, -0.25) is 4.79 Å². The molecule has 33 heavy (non-hydrogen) atoms. The first kappa shape index (κ1) is 21.4. The Morgan fingerprint density at radius 2 is 1.70 bits per heavy atom. The summed E-state index contributed by atoms with van der Waals surface area (Å²) in [5.41, 5.74) is 4.97. The molecule has 9 heteroatoms. The first-order valence-corrected chi connectivity index (χ1v) is 11.6. The lowest BCUT2D eigenvalue weighted by Gasteiger charge is -2.33. The zero-order valence-corrected chi connectivity index (χ0v) is 19.0. The van der Waals surface area contributed by atoms with Gasteiger partial charge in [0.25, 0.3) is 0 Å². The molecule has 0 spiro atoms. The summed E-state index contributed by atoms with van der Waals surface area (Å²) in [5.74, 6) is 1.19. The maximum Gasteiger partial charge on any atom is 0.240 e. The molecule has 7 nitrogen and oxygen atoms in total. The molecule has 5 rings (SSSR count). The minimum Gasteiger partial charge on any atom is -0.486 e. The van der Waals surface area contributed by atoms with Gasteiger partial charge in [-0.05, 0) is 29.8 Å². The Labute approximate surface area is 200 Å². The van der Waals surface area contributed by atoms with Crippen LogP contribution in [0.3, 0.4) is 0 Å². The molecule has 2 N–H and O–H groups in total. The molecule has 1 aliphatic rings. The molecule has 1 aromatic heterocycles. The van der Waals surface area contributed by atoms with Crippen LogP contribution in [-0.2, 0) is 11.4 Å². The molecule has 2 heterocycles. The van der Waals surface area contributed by atoms with Crippen LogP contribution in [0.5, 0.6) is 5.75 Å². The number of carbonyl (C=O) groups is 1. The van der Waals surface area contributed by atoms with E-state index in [0.29, 0.717) is 21.7 Å². The summed E-state index contributed by atoms with van der Waals surface area (Å²) in [7, 11) is 0. The van der Waals surface area contributed by atoms with E-state index in [0.717, 1.165) is 11.3 Å². The van der Waals surface area contributed by atoms with Gasteiger partial charge in [0.05, 0.1) is 16.8 Å². The van der Waals surface area contributed by atoms with Crippen molar-refractivity contribution in [3.8, 4) is 5.75 Å². The van der Waals surface area contributed by atoms with Crippen molar-refractivity contribution in [2.24, 2.45) is 0 Å². The molecule has 0 bridgehead atoms. The molecule has 0 aliphatic carbocycles. The molecule has 166 valence electrons. The minimum absolute atomic E-state index is 0.175. The second-order valence-corrected chi connectivity index (χ2v) is 8.88. The van der Waals surface area contributed by atoms with Crippen LogP contribution in [0.25, 0.3) is 0 Å². The third kappa shape index (κ3) is 4.67. The Morgan fingerprint density at radius 1 is 1.00 bits per heavy atom. The number of carbonyl (C=O) groups excluding carboxylic acids is 1. The van der Waals surface area contributed by atoms with Gasteiger partial charge in [0.15, 0.2) is 5.82 Å². The van der Waals surface area contributed by atoms with E-state index >= 15 is 0 Å². The number of benzene rings is 3. The number of nitrogens with zero attached hydrogens (tertiary/aromatic N) is 3. The number of anilines is 1. The van der Waals surface area contributed by atoms with E-state index < -0.39 is 5.25 Å². The zero-order chi connectivity index (χ0) is 22.6. The topological polar surface area (TPSA) is 81.1 Å². The number of aromatic nitrogens is 3. The number of halogens is 1. The van der Waals surface area contributed by atoms with E-state index in [4.69, 9.17) is 16.3 Å². The fraction of sp³-hybridized carbons (Fsp3) is 0.125. The first-order valence-electron chi connectivity index (χ1n) is 10.3. The van der Waals surface area contributed by atoms with Crippen molar-refractivity contribution in [2.75, 3.05) is 10.7 Å². The van der Waals surface area contributed by atoms with Gasteiger partial charge in [-0.25, -0.2) is 4.68 Å². The molecular weight excluding hydrogens is 458 g/mol. The number of amides is 1. The highest BCUT2D eigenvalue weighted by atomic mass is 35.5. The summed E-state index contributed by atoms with van der Waals surface area (Å²) in [6.45, 7) is 0.239. The van der Waals surface area contributed by atoms with Crippen LogP contribution in [0.4, 0.5) is 5.69 Å². The van der Waals surface area contributed by atoms with E-state index in [1.807, 2.05) is 72.8 Å². The van der Waals surface area contributed by atoms with Crippen LogP contribution < -0.4 is 15.5 Å². The van der Waals surface area contributed by atoms with Crippen molar-refractivity contribution in [3.05, 3.63) is 101 Å². The molecule has 3 aromatic carbocycles. The van der Waals surface area contributed by atoms with Crippen LogP contribution in [0, 0.1) is 0 Å². The van der Waals surface area contributed by atoms with Crippen molar-refractivity contribution in [1.82, 2.24) is 14.9 Å². The lowest BCUT2D eigenvalue weighted by atomic mass is 10.0. The summed E-state index contributed by atoms with van der Waals surface area (Å²) < 4.78 is 7.65. The lowest BCUT2D eigenvalue weighted by Crippen LogP contribution is -2.41. The monoisotopic (exact) mass is 477 g/mol. The molecular formula is C24H20ClN5O2S. The standard InChI is InChI=1S/C24H20ClN5O2S/c25-18-13-7-8-14-19(18)26-23(31)22-21(16-9-3-1-4-10-16)29-30-20(27-28-24(30)33-22)15-32-17-11-5-2-6-12-17/h1-14,21-22,29H,15H2,(H,26,31). The number of fused-ring (bicyclic) bond motifs is 1. The van der Waals surface area contributed by atoms with Gasteiger partial charge in [0.1, 0.15) is 17.6 Å². The third-order valence-corrected chi connectivity index (χ3v) is 6.71. The van der Waals surface area contributed by atoms with Gasteiger partial charge in [0, 0.05) is 0 Å². The van der Waals surface area contributed by atoms with Gasteiger partial charge in [-0.1, -0.05) is 84.0 Å². The Bertz CT molecular complexity index is 1250. The number of hydrogen-bond donors (Lipinski definition) is 2. The summed E-state index contributed by atoms with van der Waals surface area (Å²) in [6.07, 6.45) is 0. The number of nitrogens with one attached hydrogen (secondary N) is 2.